The molecule has 35 heavy (non-hydrogen) atoms. The molecule has 0 aliphatic heterocycles. The van der Waals surface area contributed by atoms with Crippen molar-refractivity contribution in [1.29, 1.82) is 0 Å². The molecule has 0 radical (unpaired) electrons. The summed E-state index contributed by atoms with van der Waals surface area (Å²) in [5.74, 6) is -0.138. The Bertz CT molecular complexity index is 1550. The SMILES string of the molecule is Cc1ccc(C)c(Nc2nc3cc(C)c(C)cc3nc2NS(=O)(=O)c2ccccc2C(F)(F)F)c1. The summed E-state index contributed by atoms with van der Waals surface area (Å²) in [4.78, 5) is 8.10. The number of sulfonamides is 1. The van der Waals surface area contributed by atoms with Crippen LogP contribution in [0.4, 0.5) is 30.5 Å². The van der Waals surface area contributed by atoms with Gasteiger partial charge in [-0.25, -0.2) is 18.4 Å². The maximum atomic E-state index is 13.5. The van der Waals surface area contributed by atoms with E-state index in [1.807, 2.05) is 52.0 Å². The van der Waals surface area contributed by atoms with E-state index >= 15 is 0 Å². The molecule has 4 rings (SSSR count). The normalized spacial score (nSPS) is 12.1. The summed E-state index contributed by atoms with van der Waals surface area (Å²) < 4.78 is 69.1. The molecule has 0 aliphatic rings. The molecule has 0 aliphatic carbocycles. The molecule has 0 amide bonds. The molecule has 0 spiro atoms. The summed E-state index contributed by atoms with van der Waals surface area (Å²) in [7, 11) is -4.66. The Morgan fingerprint density at radius 2 is 1.37 bits per heavy atom. The summed E-state index contributed by atoms with van der Waals surface area (Å²) in [6.07, 6.45) is -4.85. The molecule has 6 nitrogen and oxygen atoms in total. The third-order valence-corrected chi connectivity index (χ3v) is 7.04. The quantitative estimate of drug-likeness (QED) is 0.330. The monoisotopic (exact) mass is 500 g/mol. The zero-order chi connectivity index (χ0) is 25.5. The highest BCUT2D eigenvalue weighted by molar-refractivity contribution is 7.92. The largest absolute Gasteiger partial charge is 0.417 e. The average molecular weight is 501 g/mol. The van der Waals surface area contributed by atoms with Crippen molar-refractivity contribution in [3.63, 3.8) is 0 Å². The predicted octanol–water partition coefficient (Wildman–Crippen LogP) is 6.43. The second-order valence-electron chi connectivity index (χ2n) is 8.39. The van der Waals surface area contributed by atoms with E-state index < -0.39 is 26.7 Å². The van der Waals surface area contributed by atoms with Crippen LogP contribution in [0.2, 0.25) is 0 Å². The van der Waals surface area contributed by atoms with Crippen LogP contribution < -0.4 is 10.0 Å². The number of fused-ring (bicyclic) bond motifs is 1. The summed E-state index contributed by atoms with van der Waals surface area (Å²) in [6.45, 7) is 7.56. The third kappa shape index (κ3) is 5.07. The number of nitrogens with zero attached hydrogens (tertiary/aromatic N) is 2. The number of anilines is 3. The highest BCUT2D eigenvalue weighted by Gasteiger charge is 2.37. The second kappa shape index (κ2) is 8.84. The highest BCUT2D eigenvalue weighted by atomic mass is 32.2. The standard InChI is InChI=1S/C25H23F3N4O2S/c1-14-9-10-15(2)19(11-14)29-23-24(31-21-13-17(4)16(3)12-20(21)30-23)32-35(33,34)22-8-6-5-7-18(22)25(26,27)28/h5-13H,1-4H3,(H,29,30)(H,31,32). The Hall–Kier alpha value is -3.66. The van der Waals surface area contributed by atoms with E-state index in [9.17, 15) is 21.6 Å². The van der Waals surface area contributed by atoms with Crippen molar-refractivity contribution in [2.75, 3.05) is 10.0 Å². The zero-order valence-electron chi connectivity index (χ0n) is 19.4. The van der Waals surface area contributed by atoms with Gasteiger partial charge in [-0.2, -0.15) is 13.2 Å². The minimum Gasteiger partial charge on any atom is -0.337 e. The van der Waals surface area contributed by atoms with Gasteiger partial charge in [0.05, 0.1) is 21.5 Å². The van der Waals surface area contributed by atoms with E-state index in [0.29, 0.717) is 16.7 Å². The van der Waals surface area contributed by atoms with Crippen LogP contribution in [-0.4, -0.2) is 18.4 Å². The van der Waals surface area contributed by atoms with Crippen LogP contribution in [0.5, 0.6) is 0 Å². The van der Waals surface area contributed by atoms with E-state index in [4.69, 9.17) is 0 Å². The van der Waals surface area contributed by atoms with Gasteiger partial charge in [-0.15, -0.1) is 0 Å². The fourth-order valence-corrected chi connectivity index (χ4v) is 4.82. The molecular weight excluding hydrogens is 477 g/mol. The summed E-state index contributed by atoms with van der Waals surface area (Å²) in [5, 5.41) is 3.10. The van der Waals surface area contributed by atoms with Gasteiger partial charge in [0, 0.05) is 5.69 Å². The van der Waals surface area contributed by atoms with Crippen molar-refractivity contribution in [1.82, 2.24) is 9.97 Å². The van der Waals surface area contributed by atoms with Gasteiger partial charge < -0.3 is 5.32 Å². The molecule has 1 heterocycles. The molecule has 0 unspecified atom stereocenters. The summed E-state index contributed by atoms with van der Waals surface area (Å²) in [5.41, 5.74) is 4.03. The van der Waals surface area contributed by atoms with Crippen LogP contribution in [-0.2, 0) is 16.2 Å². The minimum absolute atomic E-state index is 0.0718. The topological polar surface area (TPSA) is 84.0 Å². The highest BCUT2D eigenvalue weighted by Crippen LogP contribution is 2.36. The van der Waals surface area contributed by atoms with Crippen LogP contribution >= 0.6 is 0 Å². The molecule has 2 N–H and O–H groups in total. The third-order valence-electron chi connectivity index (χ3n) is 5.64. The number of halogens is 3. The Balaban J connectivity index is 1.88. The van der Waals surface area contributed by atoms with Crippen LogP contribution in [0, 0.1) is 27.7 Å². The second-order valence-corrected chi connectivity index (χ2v) is 10.0. The number of hydrogen-bond acceptors (Lipinski definition) is 5. The van der Waals surface area contributed by atoms with Gasteiger partial charge in [0.1, 0.15) is 0 Å². The van der Waals surface area contributed by atoms with Crippen LogP contribution in [0.25, 0.3) is 11.0 Å². The Morgan fingerprint density at radius 1 is 0.771 bits per heavy atom. The first kappa shape index (κ1) is 24.5. The van der Waals surface area contributed by atoms with Gasteiger partial charge >= 0.3 is 6.18 Å². The molecule has 4 aromatic rings. The Kier molecular flexibility index (Phi) is 6.18. The average Bonchev–Trinajstić information content (AvgIpc) is 2.77. The van der Waals surface area contributed by atoms with Gasteiger partial charge in [-0.05, 0) is 80.3 Å². The minimum atomic E-state index is -4.85. The van der Waals surface area contributed by atoms with Gasteiger partial charge in [-0.3, -0.25) is 4.72 Å². The van der Waals surface area contributed by atoms with Crippen LogP contribution in [0.1, 0.15) is 27.8 Å². The molecule has 3 aromatic carbocycles. The smallest absolute Gasteiger partial charge is 0.337 e. The fraction of sp³-hybridized carbons (Fsp3) is 0.200. The van der Waals surface area contributed by atoms with E-state index in [2.05, 4.69) is 20.0 Å². The van der Waals surface area contributed by atoms with Gasteiger partial charge in [-0.1, -0.05) is 24.3 Å². The Labute approximate surface area is 201 Å². The molecule has 0 saturated heterocycles. The molecule has 0 saturated carbocycles. The van der Waals surface area contributed by atoms with E-state index in [1.165, 1.54) is 6.07 Å². The fourth-order valence-electron chi connectivity index (χ4n) is 3.59. The maximum absolute atomic E-state index is 13.5. The Morgan fingerprint density at radius 3 is 2.00 bits per heavy atom. The predicted molar refractivity (Wildman–Crippen MR) is 130 cm³/mol. The van der Waals surface area contributed by atoms with Gasteiger partial charge in [0.2, 0.25) is 0 Å². The molecule has 0 fully saturated rings. The van der Waals surface area contributed by atoms with Crippen LogP contribution in [0.3, 0.4) is 0 Å². The van der Waals surface area contributed by atoms with Crippen molar-refractivity contribution in [2.24, 2.45) is 0 Å². The number of benzene rings is 3. The van der Waals surface area contributed by atoms with Gasteiger partial charge in [0.25, 0.3) is 10.0 Å². The number of alkyl halides is 3. The number of rotatable bonds is 5. The lowest BCUT2D eigenvalue weighted by atomic mass is 10.1. The lowest BCUT2D eigenvalue weighted by Gasteiger charge is -2.17. The van der Waals surface area contributed by atoms with Crippen molar-refractivity contribution < 1.29 is 21.6 Å². The van der Waals surface area contributed by atoms with E-state index in [0.717, 1.165) is 40.5 Å². The number of aromatic nitrogens is 2. The van der Waals surface area contributed by atoms with E-state index in [1.54, 1.807) is 6.07 Å². The zero-order valence-corrected chi connectivity index (χ0v) is 20.3. The van der Waals surface area contributed by atoms with Gasteiger partial charge in [0.15, 0.2) is 11.6 Å². The van der Waals surface area contributed by atoms with Crippen molar-refractivity contribution in [3.8, 4) is 0 Å². The summed E-state index contributed by atoms with van der Waals surface area (Å²) in [6, 6.07) is 13.3. The molecule has 0 bridgehead atoms. The first-order chi connectivity index (χ1) is 16.3. The van der Waals surface area contributed by atoms with E-state index in [-0.39, 0.29) is 11.6 Å². The van der Waals surface area contributed by atoms with Crippen molar-refractivity contribution in [3.05, 3.63) is 82.4 Å². The van der Waals surface area contributed by atoms with Crippen LogP contribution in [0.15, 0.2) is 59.5 Å². The molecule has 182 valence electrons. The lowest BCUT2D eigenvalue weighted by Crippen LogP contribution is -2.20. The van der Waals surface area contributed by atoms with Crippen molar-refractivity contribution in [2.45, 2.75) is 38.8 Å². The molecule has 1 aromatic heterocycles. The summed E-state index contributed by atoms with van der Waals surface area (Å²) >= 11 is 0. The molecule has 10 heteroatoms. The number of aryl methyl sites for hydroxylation is 4. The molecular formula is C25H23F3N4O2S. The first-order valence-electron chi connectivity index (χ1n) is 10.7. The molecule has 0 atom stereocenters. The maximum Gasteiger partial charge on any atom is 0.417 e. The number of hydrogen-bond donors (Lipinski definition) is 2. The first-order valence-corrected chi connectivity index (χ1v) is 12.2. The lowest BCUT2D eigenvalue weighted by molar-refractivity contribution is -0.139. The van der Waals surface area contributed by atoms with Crippen molar-refractivity contribution >= 4 is 38.4 Å². The number of nitrogens with one attached hydrogen (secondary N) is 2.